The molecule has 98 valence electrons. The summed E-state index contributed by atoms with van der Waals surface area (Å²) in [6, 6.07) is 25.7. The van der Waals surface area contributed by atoms with Gasteiger partial charge in [0.2, 0.25) is 0 Å². The van der Waals surface area contributed by atoms with E-state index in [0.717, 1.165) is 17.1 Å². The van der Waals surface area contributed by atoms with Gasteiger partial charge in [-0.3, -0.25) is 0 Å². The van der Waals surface area contributed by atoms with Gasteiger partial charge in [0.05, 0.1) is 0 Å². The summed E-state index contributed by atoms with van der Waals surface area (Å²) in [4.78, 5) is 0. The minimum absolute atomic E-state index is 0.696. The number of nitrogens with two attached hydrogens (primary N) is 1. The monoisotopic (exact) mass is 261 g/mol. The van der Waals surface area contributed by atoms with E-state index < -0.39 is 0 Å². The fourth-order valence-electron chi connectivity index (χ4n) is 2.08. The molecule has 3 aromatic rings. The lowest BCUT2D eigenvalue weighted by Crippen LogP contribution is -1.88. The van der Waals surface area contributed by atoms with Gasteiger partial charge in [0.25, 0.3) is 0 Å². The van der Waals surface area contributed by atoms with Gasteiger partial charge in [-0.05, 0) is 35.4 Å². The minimum atomic E-state index is 0.696. The number of rotatable bonds is 3. The van der Waals surface area contributed by atoms with Crippen molar-refractivity contribution in [3.63, 3.8) is 0 Å². The molecule has 0 aliphatic heterocycles. The molecular formula is C18H15NO. The van der Waals surface area contributed by atoms with Gasteiger partial charge in [-0.25, -0.2) is 0 Å². The van der Waals surface area contributed by atoms with Gasteiger partial charge in [-0.15, -0.1) is 0 Å². The summed E-state index contributed by atoms with van der Waals surface area (Å²) in [6.07, 6.45) is 0. The number of benzene rings is 3. The molecule has 0 spiro atoms. The Bertz CT molecular complexity index is 707. The van der Waals surface area contributed by atoms with Crippen LogP contribution in [0.5, 0.6) is 11.5 Å². The van der Waals surface area contributed by atoms with Crippen LogP contribution >= 0.6 is 0 Å². The van der Waals surface area contributed by atoms with Crippen LogP contribution in [0.25, 0.3) is 11.1 Å². The SMILES string of the molecule is Nc1cccc(Oc2cccc(-c3ccccc3)c2)c1. The Morgan fingerprint density at radius 2 is 1.25 bits per heavy atom. The third-order valence-corrected chi connectivity index (χ3v) is 3.03. The zero-order valence-electron chi connectivity index (χ0n) is 11.0. The lowest BCUT2D eigenvalue weighted by Gasteiger charge is -2.08. The maximum atomic E-state index is 5.84. The number of hydrogen-bond acceptors (Lipinski definition) is 2. The summed E-state index contributed by atoms with van der Waals surface area (Å²) >= 11 is 0. The molecule has 0 radical (unpaired) electrons. The molecular weight excluding hydrogens is 246 g/mol. The molecule has 0 saturated carbocycles. The molecule has 0 aromatic heterocycles. The number of hydrogen-bond donors (Lipinski definition) is 1. The van der Waals surface area contributed by atoms with Gasteiger partial charge in [-0.2, -0.15) is 0 Å². The quantitative estimate of drug-likeness (QED) is 0.692. The molecule has 2 nitrogen and oxygen atoms in total. The second-order valence-corrected chi connectivity index (χ2v) is 4.57. The van der Waals surface area contributed by atoms with Crippen LogP contribution in [0.2, 0.25) is 0 Å². The Labute approximate surface area is 118 Å². The number of ether oxygens (including phenoxy) is 1. The normalized spacial score (nSPS) is 10.2. The standard InChI is InChI=1S/C18H15NO/c19-16-9-5-11-18(13-16)20-17-10-4-8-15(12-17)14-6-2-1-3-7-14/h1-13H,19H2. The first-order chi connectivity index (χ1) is 9.81. The van der Waals surface area contributed by atoms with Crippen molar-refractivity contribution in [1.29, 1.82) is 0 Å². The van der Waals surface area contributed by atoms with E-state index in [1.54, 1.807) is 0 Å². The lowest BCUT2D eigenvalue weighted by molar-refractivity contribution is 0.483. The van der Waals surface area contributed by atoms with Crippen molar-refractivity contribution in [3.05, 3.63) is 78.9 Å². The van der Waals surface area contributed by atoms with Crippen LogP contribution in [-0.2, 0) is 0 Å². The summed E-state index contributed by atoms with van der Waals surface area (Å²) in [5.74, 6) is 1.55. The molecule has 0 aliphatic carbocycles. The van der Waals surface area contributed by atoms with Crippen molar-refractivity contribution in [1.82, 2.24) is 0 Å². The molecule has 2 heteroatoms. The Morgan fingerprint density at radius 3 is 2.00 bits per heavy atom. The third-order valence-electron chi connectivity index (χ3n) is 3.03. The van der Waals surface area contributed by atoms with Crippen molar-refractivity contribution in [2.75, 3.05) is 5.73 Å². The molecule has 0 atom stereocenters. The van der Waals surface area contributed by atoms with E-state index in [2.05, 4.69) is 18.2 Å². The van der Waals surface area contributed by atoms with Crippen molar-refractivity contribution >= 4 is 5.69 Å². The molecule has 20 heavy (non-hydrogen) atoms. The number of anilines is 1. The average Bonchev–Trinajstić information content (AvgIpc) is 2.48. The molecule has 3 aromatic carbocycles. The van der Waals surface area contributed by atoms with E-state index in [1.165, 1.54) is 5.56 Å². The average molecular weight is 261 g/mol. The fraction of sp³-hybridized carbons (Fsp3) is 0. The van der Waals surface area contributed by atoms with Gasteiger partial charge >= 0.3 is 0 Å². The van der Waals surface area contributed by atoms with Gasteiger partial charge in [-0.1, -0.05) is 48.5 Å². The Hall–Kier alpha value is -2.74. The molecule has 0 fully saturated rings. The highest BCUT2D eigenvalue weighted by Gasteiger charge is 2.01. The largest absolute Gasteiger partial charge is 0.457 e. The molecule has 0 aliphatic rings. The van der Waals surface area contributed by atoms with Crippen molar-refractivity contribution in [3.8, 4) is 22.6 Å². The molecule has 0 amide bonds. The van der Waals surface area contributed by atoms with Gasteiger partial charge in [0.15, 0.2) is 0 Å². The Balaban J connectivity index is 1.88. The van der Waals surface area contributed by atoms with E-state index in [4.69, 9.17) is 10.5 Å². The summed E-state index contributed by atoms with van der Waals surface area (Å²) in [5.41, 5.74) is 8.75. The minimum Gasteiger partial charge on any atom is -0.457 e. The second-order valence-electron chi connectivity index (χ2n) is 4.57. The molecule has 2 N–H and O–H groups in total. The lowest BCUT2D eigenvalue weighted by atomic mass is 10.1. The predicted molar refractivity (Wildman–Crippen MR) is 82.8 cm³/mol. The summed E-state index contributed by atoms with van der Waals surface area (Å²) in [6.45, 7) is 0. The van der Waals surface area contributed by atoms with Crippen molar-refractivity contribution < 1.29 is 4.74 Å². The molecule has 3 rings (SSSR count). The topological polar surface area (TPSA) is 35.2 Å². The highest BCUT2D eigenvalue weighted by Crippen LogP contribution is 2.27. The van der Waals surface area contributed by atoms with Crippen molar-refractivity contribution in [2.45, 2.75) is 0 Å². The van der Waals surface area contributed by atoms with Crippen LogP contribution in [0.1, 0.15) is 0 Å². The zero-order valence-corrected chi connectivity index (χ0v) is 11.0. The fourth-order valence-corrected chi connectivity index (χ4v) is 2.08. The summed E-state index contributed by atoms with van der Waals surface area (Å²) in [5, 5.41) is 0. The maximum Gasteiger partial charge on any atom is 0.129 e. The smallest absolute Gasteiger partial charge is 0.129 e. The van der Waals surface area contributed by atoms with E-state index in [-0.39, 0.29) is 0 Å². The van der Waals surface area contributed by atoms with E-state index in [1.807, 2.05) is 60.7 Å². The highest BCUT2D eigenvalue weighted by atomic mass is 16.5. The van der Waals surface area contributed by atoms with Crippen LogP contribution in [0.4, 0.5) is 5.69 Å². The van der Waals surface area contributed by atoms with Crippen LogP contribution in [0.3, 0.4) is 0 Å². The summed E-state index contributed by atoms with van der Waals surface area (Å²) in [7, 11) is 0. The maximum absolute atomic E-state index is 5.84. The Kier molecular flexibility index (Phi) is 3.38. The zero-order chi connectivity index (χ0) is 13.8. The van der Waals surface area contributed by atoms with Crippen LogP contribution in [-0.4, -0.2) is 0 Å². The molecule has 0 heterocycles. The van der Waals surface area contributed by atoms with E-state index >= 15 is 0 Å². The predicted octanol–water partition coefficient (Wildman–Crippen LogP) is 4.73. The second kappa shape index (κ2) is 5.49. The first kappa shape index (κ1) is 12.3. The molecule has 0 saturated heterocycles. The Morgan fingerprint density at radius 1 is 0.600 bits per heavy atom. The van der Waals surface area contributed by atoms with Gasteiger partial charge in [0.1, 0.15) is 11.5 Å². The first-order valence-electron chi connectivity index (χ1n) is 6.50. The molecule has 0 unspecified atom stereocenters. The highest BCUT2D eigenvalue weighted by molar-refractivity contribution is 5.65. The van der Waals surface area contributed by atoms with Gasteiger partial charge in [0, 0.05) is 11.8 Å². The summed E-state index contributed by atoms with van der Waals surface area (Å²) < 4.78 is 5.84. The number of nitrogen functional groups attached to an aromatic ring is 1. The van der Waals surface area contributed by atoms with Crippen molar-refractivity contribution in [2.24, 2.45) is 0 Å². The van der Waals surface area contributed by atoms with E-state index in [9.17, 15) is 0 Å². The van der Waals surface area contributed by atoms with Crippen LogP contribution in [0, 0.1) is 0 Å². The van der Waals surface area contributed by atoms with E-state index in [0.29, 0.717) is 5.69 Å². The first-order valence-corrected chi connectivity index (χ1v) is 6.50. The van der Waals surface area contributed by atoms with Crippen LogP contribution in [0.15, 0.2) is 78.9 Å². The molecule has 0 bridgehead atoms. The third kappa shape index (κ3) is 2.81. The van der Waals surface area contributed by atoms with Gasteiger partial charge < -0.3 is 10.5 Å². The van der Waals surface area contributed by atoms with Crippen LogP contribution < -0.4 is 10.5 Å².